The van der Waals surface area contributed by atoms with Crippen LogP contribution >= 0.6 is 0 Å². The predicted molar refractivity (Wildman–Crippen MR) is 210 cm³/mol. The number of hydrogen-bond donors (Lipinski definition) is 0. The van der Waals surface area contributed by atoms with Crippen molar-refractivity contribution in [2.75, 3.05) is 4.90 Å². The van der Waals surface area contributed by atoms with Crippen LogP contribution in [-0.2, 0) is 5.41 Å². The lowest BCUT2D eigenvalue weighted by molar-refractivity contribution is 0.670. The maximum atomic E-state index is 6.85. The van der Waals surface area contributed by atoms with E-state index in [4.69, 9.17) is 4.42 Å². The molecule has 51 heavy (non-hydrogen) atoms. The van der Waals surface area contributed by atoms with Crippen molar-refractivity contribution < 1.29 is 4.42 Å². The van der Waals surface area contributed by atoms with Gasteiger partial charge in [0.25, 0.3) is 0 Å². The van der Waals surface area contributed by atoms with Crippen molar-refractivity contribution in [2.24, 2.45) is 0 Å². The topological polar surface area (TPSA) is 16.4 Å². The second-order valence-corrected chi connectivity index (χ2v) is 13.6. The highest BCUT2D eigenvalue weighted by Crippen LogP contribution is 2.63. The summed E-state index contributed by atoms with van der Waals surface area (Å²) in [5.41, 5.74) is 17.5. The Bertz CT molecular complexity index is 2730. The van der Waals surface area contributed by atoms with Gasteiger partial charge in [-0.1, -0.05) is 140 Å². The molecule has 2 nitrogen and oxygen atoms in total. The first-order chi connectivity index (χ1) is 25.3. The van der Waals surface area contributed by atoms with Gasteiger partial charge in [0.15, 0.2) is 0 Å². The molecule has 2 aliphatic carbocycles. The van der Waals surface area contributed by atoms with E-state index in [0.717, 1.165) is 50.1 Å². The van der Waals surface area contributed by atoms with E-state index in [0.29, 0.717) is 0 Å². The average molecular weight is 650 g/mol. The van der Waals surface area contributed by atoms with E-state index in [1.165, 1.54) is 44.5 Å². The Morgan fingerprint density at radius 1 is 0.392 bits per heavy atom. The normalized spacial score (nSPS) is 13.3. The maximum Gasteiger partial charge on any atom is 0.145 e. The minimum absolute atomic E-state index is 0.359. The molecule has 238 valence electrons. The van der Waals surface area contributed by atoms with Crippen LogP contribution in [0.3, 0.4) is 0 Å². The summed E-state index contributed by atoms with van der Waals surface area (Å²) in [5, 5.41) is 2.21. The molecule has 1 spiro atoms. The van der Waals surface area contributed by atoms with Crippen LogP contribution in [0.2, 0.25) is 0 Å². The van der Waals surface area contributed by atoms with E-state index in [-0.39, 0.29) is 5.41 Å². The molecule has 1 aromatic heterocycles. The molecule has 9 aromatic rings. The van der Waals surface area contributed by atoms with Crippen molar-refractivity contribution in [3.63, 3.8) is 0 Å². The first kappa shape index (κ1) is 28.2. The number of para-hydroxylation sites is 3. The lowest BCUT2D eigenvalue weighted by atomic mass is 9.70. The van der Waals surface area contributed by atoms with Crippen LogP contribution in [0, 0.1) is 0 Å². The number of fused-ring (bicyclic) bond motifs is 13. The fraction of sp³-hybridized carbons (Fsp3) is 0.0204. The molecule has 0 aliphatic heterocycles. The smallest absolute Gasteiger partial charge is 0.145 e. The minimum atomic E-state index is -0.359. The fourth-order valence-electron chi connectivity index (χ4n) is 9.07. The summed E-state index contributed by atoms with van der Waals surface area (Å²) in [6, 6.07) is 68.2. The number of benzene rings is 8. The van der Waals surface area contributed by atoms with Crippen molar-refractivity contribution in [2.45, 2.75) is 5.41 Å². The highest BCUT2D eigenvalue weighted by molar-refractivity contribution is 6.17. The van der Waals surface area contributed by atoms with E-state index in [2.05, 4.69) is 193 Å². The van der Waals surface area contributed by atoms with Gasteiger partial charge in [0.05, 0.1) is 16.5 Å². The number of furan rings is 1. The van der Waals surface area contributed by atoms with E-state index < -0.39 is 0 Å². The molecule has 8 aromatic carbocycles. The third-order valence-electron chi connectivity index (χ3n) is 11.1. The predicted octanol–water partition coefficient (Wildman–Crippen LogP) is 13.1. The Morgan fingerprint density at radius 2 is 0.902 bits per heavy atom. The standard InChI is InChI=1S/C49H31NO/c1-3-15-33(16-4-1)50(34-17-5-2-6-18-34)45-30-28-35(48-47(45)39-22-10-14-26-46(39)51-48)32-27-29-44-40(31-32)38-21-9-13-25-43(38)49(44)41-23-11-7-19-36(41)37-20-8-12-24-42(37)49/h1-31H. The largest absolute Gasteiger partial charge is 0.455 e. The van der Waals surface area contributed by atoms with Crippen LogP contribution in [0.25, 0.3) is 55.3 Å². The zero-order valence-corrected chi connectivity index (χ0v) is 27.8. The molecule has 0 saturated carbocycles. The summed E-state index contributed by atoms with van der Waals surface area (Å²) in [4.78, 5) is 2.34. The molecule has 0 radical (unpaired) electrons. The van der Waals surface area contributed by atoms with Gasteiger partial charge in [-0.3, -0.25) is 0 Å². The third kappa shape index (κ3) is 3.82. The second kappa shape index (κ2) is 10.7. The lowest BCUT2D eigenvalue weighted by Gasteiger charge is -2.30. The number of nitrogens with zero attached hydrogens (tertiary/aromatic N) is 1. The highest BCUT2D eigenvalue weighted by atomic mass is 16.3. The van der Waals surface area contributed by atoms with Crippen LogP contribution < -0.4 is 4.90 Å². The van der Waals surface area contributed by atoms with Crippen molar-refractivity contribution in [1.82, 2.24) is 0 Å². The molecule has 11 rings (SSSR count). The SMILES string of the molecule is c1ccc(N(c2ccccc2)c2ccc(-c3ccc4c(c3)-c3ccccc3C43c4ccccc4-c4ccccc43)c3oc4ccccc4c23)cc1. The Morgan fingerprint density at radius 3 is 1.53 bits per heavy atom. The molecule has 0 fully saturated rings. The van der Waals surface area contributed by atoms with Crippen LogP contribution in [-0.4, -0.2) is 0 Å². The van der Waals surface area contributed by atoms with Gasteiger partial charge in [0, 0.05) is 22.3 Å². The van der Waals surface area contributed by atoms with Crippen molar-refractivity contribution in [1.29, 1.82) is 0 Å². The summed E-state index contributed by atoms with van der Waals surface area (Å²) >= 11 is 0. The van der Waals surface area contributed by atoms with Gasteiger partial charge >= 0.3 is 0 Å². The van der Waals surface area contributed by atoms with Gasteiger partial charge in [-0.2, -0.15) is 0 Å². The van der Waals surface area contributed by atoms with Crippen molar-refractivity contribution in [3.05, 3.63) is 210 Å². The summed E-state index contributed by atoms with van der Waals surface area (Å²) < 4.78 is 6.85. The zero-order chi connectivity index (χ0) is 33.5. The number of hydrogen-bond acceptors (Lipinski definition) is 2. The molecule has 0 N–H and O–H groups in total. The third-order valence-corrected chi connectivity index (χ3v) is 11.1. The van der Waals surface area contributed by atoms with E-state index >= 15 is 0 Å². The van der Waals surface area contributed by atoms with Crippen LogP contribution in [0.15, 0.2) is 192 Å². The first-order valence-electron chi connectivity index (χ1n) is 17.6. The fourth-order valence-corrected chi connectivity index (χ4v) is 9.07. The Balaban J connectivity index is 1.17. The van der Waals surface area contributed by atoms with Crippen LogP contribution in [0.5, 0.6) is 0 Å². The quantitative estimate of drug-likeness (QED) is 0.189. The van der Waals surface area contributed by atoms with Gasteiger partial charge in [0.1, 0.15) is 11.2 Å². The lowest BCUT2D eigenvalue weighted by Crippen LogP contribution is -2.25. The molecule has 0 unspecified atom stereocenters. The molecule has 0 saturated heterocycles. The number of anilines is 3. The van der Waals surface area contributed by atoms with E-state index in [9.17, 15) is 0 Å². The first-order valence-corrected chi connectivity index (χ1v) is 17.6. The van der Waals surface area contributed by atoms with Gasteiger partial charge in [-0.15, -0.1) is 0 Å². The van der Waals surface area contributed by atoms with Crippen molar-refractivity contribution >= 4 is 39.0 Å². The molecule has 2 aliphatic rings. The molecule has 0 atom stereocenters. The number of rotatable bonds is 4. The Hall–Kier alpha value is -6.64. The maximum absolute atomic E-state index is 6.85. The Kier molecular flexibility index (Phi) is 5.91. The van der Waals surface area contributed by atoms with E-state index in [1.807, 2.05) is 0 Å². The summed E-state index contributed by atoms with van der Waals surface area (Å²) in [5.74, 6) is 0. The summed E-state index contributed by atoms with van der Waals surface area (Å²) in [6.45, 7) is 0. The zero-order valence-electron chi connectivity index (χ0n) is 27.8. The van der Waals surface area contributed by atoms with Crippen LogP contribution in [0.4, 0.5) is 17.1 Å². The second-order valence-electron chi connectivity index (χ2n) is 13.6. The summed E-state index contributed by atoms with van der Waals surface area (Å²) in [6.07, 6.45) is 0. The molecule has 0 bridgehead atoms. The minimum Gasteiger partial charge on any atom is -0.455 e. The molecular formula is C49H31NO. The van der Waals surface area contributed by atoms with Crippen molar-refractivity contribution in [3.8, 4) is 33.4 Å². The molecule has 2 heteroatoms. The van der Waals surface area contributed by atoms with Gasteiger partial charge in [-0.05, 0) is 98.6 Å². The molecule has 1 heterocycles. The molecular weight excluding hydrogens is 619 g/mol. The monoisotopic (exact) mass is 649 g/mol. The van der Waals surface area contributed by atoms with Gasteiger partial charge in [-0.25, -0.2) is 0 Å². The Labute approximate surface area is 296 Å². The average Bonchev–Trinajstić information content (AvgIpc) is 3.83. The van der Waals surface area contributed by atoms with E-state index in [1.54, 1.807) is 0 Å². The van der Waals surface area contributed by atoms with Gasteiger partial charge in [0.2, 0.25) is 0 Å². The highest BCUT2D eigenvalue weighted by Gasteiger charge is 2.51. The summed E-state index contributed by atoms with van der Waals surface area (Å²) in [7, 11) is 0. The van der Waals surface area contributed by atoms with Gasteiger partial charge < -0.3 is 9.32 Å². The molecule has 0 amide bonds. The van der Waals surface area contributed by atoms with Crippen LogP contribution in [0.1, 0.15) is 22.3 Å².